The summed E-state index contributed by atoms with van der Waals surface area (Å²) in [6, 6.07) is 17.5. The molecule has 2 heterocycles. The first-order valence-corrected chi connectivity index (χ1v) is 10.3. The maximum atomic E-state index is 13.2. The molecule has 0 spiro atoms. The van der Waals surface area contributed by atoms with Gasteiger partial charge in [-0.15, -0.1) is 10.2 Å². The first-order valence-electron chi connectivity index (χ1n) is 10.3. The van der Waals surface area contributed by atoms with E-state index in [2.05, 4.69) is 15.5 Å². The molecular formula is C23H25N5O3. The van der Waals surface area contributed by atoms with E-state index >= 15 is 0 Å². The van der Waals surface area contributed by atoms with Gasteiger partial charge in [0.1, 0.15) is 5.82 Å². The molecule has 0 saturated carbocycles. The molecule has 0 bridgehead atoms. The zero-order valence-corrected chi connectivity index (χ0v) is 17.5. The molecule has 0 unspecified atom stereocenters. The predicted molar refractivity (Wildman–Crippen MR) is 118 cm³/mol. The Bertz CT molecular complexity index is 1250. The number of hydrogen-bond acceptors (Lipinski definition) is 5. The van der Waals surface area contributed by atoms with Gasteiger partial charge in [-0.25, -0.2) is 0 Å². The van der Waals surface area contributed by atoms with Gasteiger partial charge in [0.2, 0.25) is 11.7 Å². The van der Waals surface area contributed by atoms with Gasteiger partial charge in [-0.1, -0.05) is 42.5 Å². The average molecular weight is 419 g/mol. The van der Waals surface area contributed by atoms with Gasteiger partial charge in [-0.2, -0.15) is 0 Å². The van der Waals surface area contributed by atoms with Gasteiger partial charge in [-0.05, 0) is 24.1 Å². The van der Waals surface area contributed by atoms with E-state index in [1.165, 1.54) is 0 Å². The first kappa shape index (κ1) is 20.7. The Morgan fingerprint density at radius 1 is 1.03 bits per heavy atom. The van der Waals surface area contributed by atoms with Crippen LogP contribution in [0.15, 0.2) is 59.4 Å². The minimum atomic E-state index is -0.0877. The molecule has 160 valence electrons. The molecule has 0 aliphatic heterocycles. The van der Waals surface area contributed by atoms with Crippen molar-refractivity contribution in [2.24, 2.45) is 0 Å². The van der Waals surface area contributed by atoms with Crippen LogP contribution in [0.5, 0.6) is 0 Å². The number of methoxy groups -OCH3 is 1. The Morgan fingerprint density at radius 3 is 2.61 bits per heavy atom. The summed E-state index contributed by atoms with van der Waals surface area (Å²) in [5, 5.41) is 12.1. The molecule has 2 aromatic carbocycles. The van der Waals surface area contributed by atoms with Crippen LogP contribution in [-0.2, 0) is 28.9 Å². The highest BCUT2D eigenvalue weighted by molar-refractivity contribution is 5.80. The molecule has 1 amide bonds. The number of aryl methyl sites for hydroxylation is 3. The van der Waals surface area contributed by atoms with Crippen molar-refractivity contribution >= 4 is 22.6 Å². The van der Waals surface area contributed by atoms with E-state index in [1.807, 2.05) is 59.0 Å². The van der Waals surface area contributed by atoms with Crippen LogP contribution in [0.25, 0.3) is 16.7 Å². The van der Waals surface area contributed by atoms with Crippen molar-refractivity contribution in [3.8, 4) is 0 Å². The predicted octanol–water partition coefficient (Wildman–Crippen LogP) is 1.98. The maximum absolute atomic E-state index is 13.2. The lowest BCUT2D eigenvalue weighted by Crippen LogP contribution is -2.27. The van der Waals surface area contributed by atoms with Crippen LogP contribution in [-0.4, -0.2) is 45.3 Å². The summed E-state index contributed by atoms with van der Waals surface area (Å²) in [5.74, 6) is 1.08. The van der Waals surface area contributed by atoms with Crippen LogP contribution in [0.1, 0.15) is 17.8 Å². The molecule has 0 aliphatic carbocycles. The molecule has 4 rings (SSSR count). The molecular weight excluding hydrogens is 394 g/mol. The second-order valence-corrected chi connectivity index (χ2v) is 7.30. The Labute approximate surface area is 179 Å². The molecule has 0 radical (unpaired) electrons. The third kappa shape index (κ3) is 4.49. The number of aromatic nitrogens is 4. The highest BCUT2D eigenvalue weighted by Gasteiger charge is 2.17. The number of carbonyl (C=O) groups excluding carboxylic acids is 1. The van der Waals surface area contributed by atoms with Gasteiger partial charge in [0.25, 0.3) is 5.56 Å². The molecule has 4 aromatic rings. The number of hydrogen-bond donors (Lipinski definition) is 1. The van der Waals surface area contributed by atoms with Crippen LogP contribution < -0.4 is 10.9 Å². The lowest BCUT2D eigenvalue weighted by Gasteiger charge is -2.11. The fraction of sp³-hybridized carbons (Fsp3) is 0.304. The highest BCUT2D eigenvalue weighted by atomic mass is 16.5. The van der Waals surface area contributed by atoms with E-state index in [9.17, 15) is 9.59 Å². The number of carbonyl (C=O) groups is 1. The van der Waals surface area contributed by atoms with Crippen molar-refractivity contribution in [2.75, 3.05) is 20.3 Å². The lowest BCUT2D eigenvalue weighted by atomic mass is 10.1. The van der Waals surface area contributed by atoms with Crippen LogP contribution >= 0.6 is 0 Å². The van der Waals surface area contributed by atoms with E-state index < -0.39 is 0 Å². The summed E-state index contributed by atoms with van der Waals surface area (Å²) in [7, 11) is 1.59. The zero-order valence-electron chi connectivity index (χ0n) is 17.5. The van der Waals surface area contributed by atoms with Crippen molar-refractivity contribution in [3.63, 3.8) is 0 Å². The van der Waals surface area contributed by atoms with Crippen molar-refractivity contribution in [2.45, 2.75) is 25.8 Å². The largest absolute Gasteiger partial charge is 0.383 e. The Balaban J connectivity index is 1.67. The Kier molecular flexibility index (Phi) is 6.37. The van der Waals surface area contributed by atoms with E-state index in [0.717, 1.165) is 11.1 Å². The number of benzene rings is 2. The molecule has 0 atom stereocenters. The number of amides is 1. The summed E-state index contributed by atoms with van der Waals surface area (Å²) in [6.07, 6.45) is 1.40. The second-order valence-electron chi connectivity index (χ2n) is 7.30. The molecule has 0 fully saturated rings. The Morgan fingerprint density at radius 2 is 1.81 bits per heavy atom. The normalized spacial score (nSPS) is 11.3. The molecule has 0 aliphatic rings. The average Bonchev–Trinajstić information content (AvgIpc) is 3.22. The summed E-state index contributed by atoms with van der Waals surface area (Å²) < 4.78 is 8.52. The molecule has 2 aromatic heterocycles. The quantitative estimate of drug-likeness (QED) is 0.419. The highest BCUT2D eigenvalue weighted by Crippen LogP contribution is 2.16. The monoisotopic (exact) mass is 419 g/mol. The van der Waals surface area contributed by atoms with Gasteiger partial charge in [0.05, 0.1) is 17.5 Å². The van der Waals surface area contributed by atoms with Crippen molar-refractivity contribution in [1.29, 1.82) is 0 Å². The van der Waals surface area contributed by atoms with Crippen LogP contribution in [0.4, 0.5) is 0 Å². The Hall–Kier alpha value is -3.52. The van der Waals surface area contributed by atoms with Crippen molar-refractivity contribution in [1.82, 2.24) is 24.5 Å². The molecule has 1 N–H and O–H groups in total. The number of para-hydroxylation sites is 1. The van der Waals surface area contributed by atoms with Crippen LogP contribution in [0.3, 0.4) is 0 Å². The van der Waals surface area contributed by atoms with Crippen LogP contribution in [0, 0.1) is 0 Å². The first-order chi connectivity index (χ1) is 15.2. The molecule has 31 heavy (non-hydrogen) atoms. The standard InChI is InChI=1S/C23H25N5O3/c1-31-16-14-24-21(29)12-11-20-25-26-23-27(15-13-17-7-3-2-4-8-17)22(30)18-9-5-6-10-19(18)28(20)23/h2-10H,11-16H2,1H3,(H,24,29). The van der Waals surface area contributed by atoms with E-state index in [-0.39, 0.29) is 17.9 Å². The molecule has 8 heteroatoms. The zero-order chi connectivity index (χ0) is 21.6. The summed E-state index contributed by atoms with van der Waals surface area (Å²) in [6.45, 7) is 1.43. The number of nitrogens with one attached hydrogen (secondary N) is 1. The number of fused-ring (bicyclic) bond motifs is 3. The van der Waals surface area contributed by atoms with Crippen molar-refractivity contribution < 1.29 is 9.53 Å². The van der Waals surface area contributed by atoms with E-state index in [0.29, 0.717) is 49.5 Å². The van der Waals surface area contributed by atoms with Gasteiger partial charge < -0.3 is 10.1 Å². The maximum Gasteiger partial charge on any atom is 0.262 e. The summed E-state index contributed by atoms with van der Waals surface area (Å²) in [5.41, 5.74) is 1.81. The van der Waals surface area contributed by atoms with E-state index in [1.54, 1.807) is 11.7 Å². The fourth-order valence-electron chi connectivity index (χ4n) is 3.67. The van der Waals surface area contributed by atoms with Gasteiger partial charge >= 0.3 is 0 Å². The van der Waals surface area contributed by atoms with Crippen molar-refractivity contribution in [3.05, 3.63) is 76.3 Å². The smallest absolute Gasteiger partial charge is 0.262 e. The topological polar surface area (TPSA) is 90.5 Å². The third-order valence-electron chi connectivity index (χ3n) is 5.25. The summed E-state index contributed by atoms with van der Waals surface area (Å²) >= 11 is 0. The summed E-state index contributed by atoms with van der Waals surface area (Å²) in [4.78, 5) is 25.3. The number of rotatable bonds is 9. The third-order valence-corrected chi connectivity index (χ3v) is 5.25. The van der Waals surface area contributed by atoms with E-state index in [4.69, 9.17) is 4.74 Å². The minimum Gasteiger partial charge on any atom is -0.383 e. The molecule has 8 nitrogen and oxygen atoms in total. The van der Waals surface area contributed by atoms with Crippen LogP contribution in [0.2, 0.25) is 0 Å². The lowest BCUT2D eigenvalue weighted by molar-refractivity contribution is -0.121. The molecule has 0 saturated heterocycles. The SMILES string of the molecule is COCCNC(=O)CCc1nnc2n(CCc3ccccc3)c(=O)c3ccccc3n12. The van der Waals surface area contributed by atoms with Gasteiger partial charge in [-0.3, -0.25) is 18.6 Å². The van der Waals surface area contributed by atoms with Gasteiger partial charge in [0.15, 0.2) is 0 Å². The van der Waals surface area contributed by atoms with Gasteiger partial charge in [0, 0.05) is 33.0 Å². The fourth-order valence-corrected chi connectivity index (χ4v) is 3.67. The number of nitrogens with zero attached hydrogens (tertiary/aromatic N) is 4. The minimum absolute atomic E-state index is 0.0736. The second kappa shape index (κ2) is 9.53. The number of ether oxygens (including phenoxy) is 1.